The van der Waals surface area contributed by atoms with Gasteiger partial charge in [0.2, 0.25) is 0 Å². The third-order valence-electron chi connectivity index (χ3n) is 3.49. The molecule has 0 saturated carbocycles. The molecule has 1 heterocycles. The van der Waals surface area contributed by atoms with Gasteiger partial charge in [-0.3, -0.25) is 9.78 Å². The number of hydrogen-bond acceptors (Lipinski definition) is 3. The molecule has 0 saturated heterocycles. The van der Waals surface area contributed by atoms with E-state index in [1.54, 1.807) is 24.4 Å². The van der Waals surface area contributed by atoms with Gasteiger partial charge in [-0.1, -0.05) is 6.07 Å². The highest BCUT2D eigenvalue weighted by Gasteiger charge is 2.11. The Kier molecular flexibility index (Phi) is 5.58. The van der Waals surface area contributed by atoms with E-state index in [0.717, 1.165) is 0 Å². The summed E-state index contributed by atoms with van der Waals surface area (Å²) >= 11 is 3.14. The van der Waals surface area contributed by atoms with Crippen molar-refractivity contribution in [2.24, 2.45) is 0 Å². The summed E-state index contributed by atoms with van der Waals surface area (Å²) in [6, 6.07) is 11.5. The van der Waals surface area contributed by atoms with E-state index in [2.05, 4.69) is 26.2 Å². The summed E-state index contributed by atoms with van der Waals surface area (Å²) in [4.78, 5) is 16.1. The minimum Gasteiger partial charge on any atom is -0.453 e. The van der Waals surface area contributed by atoms with Crippen molar-refractivity contribution in [3.05, 3.63) is 88.2 Å². The van der Waals surface area contributed by atoms with Gasteiger partial charge in [0.25, 0.3) is 5.91 Å². The van der Waals surface area contributed by atoms with Gasteiger partial charge in [0, 0.05) is 17.2 Å². The number of aromatic nitrogens is 1. The maximum absolute atomic E-state index is 14.2. The minimum atomic E-state index is -0.552. The molecule has 0 spiro atoms. The quantitative estimate of drug-likeness (QED) is 0.644. The van der Waals surface area contributed by atoms with E-state index in [1.165, 1.54) is 36.5 Å². The molecule has 0 aliphatic heterocycles. The van der Waals surface area contributed by atoms with Gasteiger partial charge in [-0.25, -0.2) is 8.78 Å². The van der Waals surface area contributed by atoms with Crippen molar-refractivity contribution in [1.29, 1.82) is 0 Å². The summed E-state index contributed by atoms with van der Waals surface area (Å²) in [5.74, 6) is -0.904. The molecule has 7 heteroatoms. The van der Waals surface area contributed by atoms with Crippen LogP contribution in [-0.2, 0) is 6.54 Å². The van der Waals surface area contributed by atoms with Crippen LogP contribution >= 0.6 is 15.9 Å². The molecule has 1 amide bonds. The molecule has 0 unspecified atom stereocenters. The van der Waals surface area contributed by atoms with Crippen LogP contribution in [0.4, 0.5) is 8.78 Å². The van der Waals surface area contributed by atoms with Crippen molar-refractivity contribution in [3.63, 3.8) is 0 Å². The molecule has 3 aromatic rings. The molecule has 132 valence electrons. The van der Waals surface area contributed by atoms with Gasteiger partial charge in [-0.2, -0.15) is 0 Å². The minimum absolute atomic E-state index is 0.0642. The Balaban J connectivity index is 1.65. The van der Waals surface area contributed by atoms with E-state index in [1.807, 2.05) is 0 Å². The molecule has 2 aromatic carbocycles. The van der Waals surface area contributed by atoms with E-state index >= 15 is 0 Å². The number of nitrogens with zero attached hydrogens (tertiary/aromatic N) is 1. The van der Waals surface area contributed by atoms with Crippen molar-refractivity contribution in [2.45, 2.75) is 6.54 Å². The van der Waals surface area contributed by atoms with Crippen molar-refractivity contribution >= 4 is 21.8 Å². The van der Waals surface area contributed by atoms with Crippen LogP contribution in [0.3, 0.4) is 0 Å². The number of nitrogens with one attached hydrogen (secondary N) is 1. The lowest BCUT2D eigenvalue weighted by molar-refractivity contribution is 0.0950. The van der Waals surface area contributed by atoms with Crippen molar-refractivity contribution in [1.82, 2.24) is 10.3 Å². The summed E-state index contributed by atoms with van der Waals surface area (Å²) < 4.78 is 33.0. The SMILES string of the molecule is O=C(NCc1ccc(Oc2cccnc2)c(F)c1)c1ccc(F)cc1Br. The van der Waals surface area contributed by atoms with Gasteiger partial charge in [-0.05, 0) is 64.0 Å². The molecule has 0 fully saturated rings. The highest BCUT2D eigenvalue weighted by atomic mass is 79.9. The molecule has 0 radical (unpaired) electrons. The number of amides is 1. The Labute approximate surface area is 157 Å². The van der Waals surface area contributed by atoms with Gasteiger partial charge in [0.15, 0.2) is 11.6 Å². The van der Waals surface area contributed by atoms with Crippen LogP contribution < -0.4 is 10.1 Å². The van der Waals surface area contributed by atoms with E-state index in [9.17, 15) is 13.6 Å². The van der Waals surface area contributed by atoms with Crippen LogP contribution in [0.15, 0.2) is 65.4 Å². The number of benzene rings is 2. The summed E-state index contributed by atoms with van der Waals surface area (Å²) in [6.45, 7) is 0.118. The lowest BCUT2D eigenvalue weighted by Crippen LogP contribution is -2.23. The molecule has 0 aliphatic rings. The second kappa shape index (κ2) is 8.05. The summed E-state index contributed by atoms with van der Waals surface area (Å²) in [5, 5.41) is 2.66. The lowest BCUT2D eigenvalue weighted by Gasteiger charge is -2.10. The summed E-state index contributed by atoms with van der Waals surface area (Å²) in [6.07, 6.45) is 3.07. The molecule has 0 atom stereocenters. The third-order valence-corrected chi connectivity index (χ3v) is 4.14. The van der Waals surface area contributed by atoms with Crippen LogP contribution in [0.5, 0.6) is 11.5 Å². The molecule has 1 N–H and O–H groups in total. The average molecular weight is 419 g/mol. The molecule has 0 bridgehead atoms. The van der Waals surface area contributed by atoms with Crippen LogP contribution in [0.25, 0.3) is 0 Å². The van der Waals surface area contributed by atoms with Crippen LogP contribution in [0.1, 0.15) is 15.9 Å². The van der Waals surface area contributed by atoms with Crippen LogP contribution in [0.2, 0.25) is 0 Å². The monoisotopic (exact) mass is 418 g/mol. The van der Waals surface area contributed by atoms with Gasteiger partial charge >= 0.3 is 0 Å². The Morgan fingerprint density at radius 3 is 2.69 bits per heavy atom. The molecule has 26 heavy (non-hydrogen) atoms. The highest BCUT2D eigenvalue weighted by molar-refractivity contribution is 9.10. The second-order valence-corrected chi connectivity index (χ2v) is 6.22. The number of carbonyl (C=O) groups is 1. The van der Waals surface area contributed by atoms with E-state index in [-0.39, 0.29) is 12.3 Å². The fourth-order valence-corrected chi connectivity index (χ4v) is 2.75. The second-order valence-electron chi connectivity index (χ2n) is 5.36. The predicted molar refractivity (Wildman–Crippen MR) is 96.0 cm³/mol. The van der Waals surface area contributed by atoms with Gasteiger partial charge in [0.05, 0.1) is 11.8 Å². The largest absolute Gasteiger partial charge is 0.453 e. The first-order chi connectivity index (χ1) is 12.5. The number of rotatable bonds is 5. The van der Waals surface area contributed by atoms with E-state index < -0.39 is 17.5 Å². The predicted octanol–water partition coefficient (Wildman–Crippen LogP) is 4.84. The zero-order valence-electron chi connectivity index (χ0n) is 13.4. The maximum atomic E-state index is 14.2. The fraction of sp³-hybridized carbons (Fsp3) is 0.0526. The zero-order valence-corrected chi connectivity index (χ0v) is 15.0. The Hall–Kier alpha value is -2.80. The van der Waals surface area contributed by atoms with Crippen LogP contribution in [-0.4, -0.2) is 10.9 Å². The standard InChI is InChI=1S/C19H13BrF2N2O2/c20-16-9-13(21)4-5-15(16)19(25)24-10-12-3-6-18(17(22)8-12)26-14-2-1-7-23-11-14/h1-9,11H,10H2,(H,24,25). The number of halogens is 3. The third kappa shape index (κ3) is 4.43. The number of ether oxygens (including phenoxy) is 1. The maximum Gasteiger partial charge on any atom is 0.252 e. The molecule has 0 aliphatic carbocycles. The van der Waals surface area contributed by atoms with E-state index in [4.69, 9.17) is 4.74 Å². The van der Waals surface area contributed by atoms with E-state index in [0.29, 0.717) is 21.3 Å². The zero-order chi connectivity index (χ0) is 18.5. The Morgan fingerprint density at radius 1 is 1.15 bits per heavy atom. The topological polar surface area (TPSA) is 51.2 Å². The average Bonchev–Trinajstić information content (AvgIpc) is 2.62. The Bertz CT molecular complexity index is 936. The Morgan fingerprint density at radius 2 is 2.00 bits per heavy atom. The first-order valence-corrected chi connectivity index (χ1v) is 8.42. The number of carbonyl (C=O) groups excluding carboxylic acids is 1. The summed E-state index contributed by atoms with van der Waals surface area (Å²) in [5.41, 5.74) is 0.857. The molecular weight excluding hydrogens is 406 g/mol. The smallest absolute Gasteiger partial charge is 0.252 e. The van der Waals surface area contributed by atoms with Gasteiger partial charge < -0.3 is 10.1 Å². The summed E-state index contributed by atoms with van der Waals surface area (Å²) in [7, 11) is 0. The highest BCUT2D eigenvalue weighted by Crippen LogP contribution is 2.24. The fourth-order valence-electron chi connectivity index (χ4n) is 2.22. The normalized spacial score (nSPS) is 10.4. The van der Waals surface area contributed by atoms with Gasteiger partial charge in [-0.15, -0.1) is 0 Å². The molecule has 4 nitrogen and oxygen atoms in total. The van der Waals surface area contributed by atoms with Crippen molar-refractivity contribution in [3.8, 4) is 11.5 Å². The van der Waals surface area contributed by atoms with Crippen LogP contribution in [0, 0.1) is 11.6 Å². The van der Waals surface area contributed by atoms with Crippen molar-refractivity contribution < 1.29 is 18.3 Å². The number of hydrogen-bond donors (Lipinski definition) is 1. The first-order valence-electron chi connectivity index (χ1n) is 7.62. The number of pyridine rings is 1. The molecular formula is C19H13BrF2N2O2. The molecule has 1 aromatic heterocycles. The first kappa shape index (κ1) is 18.0. The lowest BCUT2D eigenvalue weighted by atomic mass is 10.2. The molecule has 3 rings (SSSR count). The van der Waals surface area contributed by atoms with Gasteiger partial charge in [0.1, 0.15) is 11.6 Å². The van der Waals surface area contributed by atoms with Crippen molar-refractivity contribution in [2.75, 3.05) is 0 Å².